The number of nitrogens with two attached hydrogens (primary N) is 1. The lowest BCUT2D eigenvalue weighted by Gasteiger charge is -2.44. The van der Waals surface area contributed by atoms with Crippen molar-refractivity contribution in [3.8, 4) is 0 Å². The van der Waals surface area contributed by atoms with Crippen LogP contribution in [-0.4, -0.2) is 50.0 Å². The first kappa shape index (κ1) is 30.8. The topological polar surface area (TPSA) is 122 Å². The molecule has 0 unspecified atom stereocenters. The number of hydrogen-bond acceptors (Lipinski definition) is 5. The predicted molar refractivity (Wildman–Crippen MR) is 159 cm³/mol. The van der Waals surface area contributed by atoms with Crippen molar-refractivity contribution < 1.29 is 22.4 Å². The Hall–Kier alpha value is -3.18. The fraction of sp³-hybridized carbons (Fsp3) is 0.310. The number of carbonyl (C=O) groups excluding carboxylic acids is 2. The van der Waals surface area contributed by atoms with E-state index < -0.39 is 39.3 Å². The Labute approximate surface area is 249 Å². The number of hydrogen-bond donors (Lipinski definition) is 3. The van der Waals surface area contributed by atoms with Crippen LogP contribution in [0.3, 0.4) is 0 Å². The summed E-state index contributed by atoms with van der Waals surface area (Å²) in [6.45, 7) is 4.42. The van der Waals surface area contributed by atoms with Crippen LogP contribution in [0.1, 0.15) is 41.4 Å². The van der Waals surface area contributed by atoms with Gasteiger partial charge in [-0.2, -0.15) is 0 Å². The van der Waals surface area contributed by atoms with E-state index in [0.29, 0.717) is 23.1 Å². The van der Waals surface area contributed by atoms with Gasteiger partial charge in [0.1, 0.15) is 11.9 Å². The van der Waals surface area contributed by atoms with Gasteiger partial charge in [-0.15, -0.1) is 0 Å². The second kappa shape index (κ2) is 12.8. The zero-order chi connectivity index (χ0) is 29.9. The molecular formula is C29H31Cl2FN4O4S. The third-order valence-corrected chi connectivity index (χ3v) is 8.88. The molecule has 1 aliphatic heterocycles. The number of nitrogens with one attached hydrogen (secondary N) is 2. The fourth-order valence-electron chi connectivity index (χ4n) is 4.91. The minimum Gasteiger partial charge on any atom is -0.368 e. The molecule has 1 saturated heterocycles. The van der Waals surface area contributed by atoms with E-state index in [1.165, 1.54) is 6.07 Å². The number of likely N-dealkylation sites (tertiary alicyclic amines) is 1. The number of sulfonamides is 1. The third kappa shape index (κ3) is 7.77. The highest BCUT2D eigenvalue weighted by Crippen LogP contribution is 2.36. The number of benzene rings is 3. The van der Waals surface area contributed by atoms with Crippen LogP contribution < -0.4 is 15.8 Å². The number of anilines is 1. The highest BCUT2D eigenvalue weighted by atomic mass is 35.5. The average Bonchev–Trinajstić information content (AvgIpc) is 2.88. The van der Waals surface area contributed by atoms with Crippen molar-refractivity contribution in [1.29, 1.82) is 0 Å². The van der Waals surface area contributed by atoms with Crippen molar-refractivity contribution in [3.05, 3.63) is 99.3 Å². The molecule has 3 aromatic rings. The zero-order valence-corrected chi connectivity index (χ0v) is 24.8. The van der Waals surface area contributed by atoms with Gasteiger partial charge in [-0.25, -0.2) is 12.8 Å². The van der Waals surface area contributed by atoms with Crippen molar-refractivity contribution >= 4 is 50.7 Å². The Morgan fingerprint density at radius 1 is 0.976 bits per heavy atom. The van der Waals surface area contributed by atoms with Gasteiger partial charge in [-0.1, -0.05) is 61.3 Å². The van der Waals surface area contributed by atoms with E-state index in [4.69, 9.17) is 28.9 Å². The van der Waals surface area contributed by atoms with Gasteiger partial charge < -0.3 is 11.1 Å². The molecule has 2 amide bonds. The third-order valence-electron chi connectivity index (χ3n) is 6.92. The van der Waals surface area contributed by atoms with Crippen molar-refractivity contribution in [2.24, 2.45) is 17.6 Å². The van der Waals surface area contributed by atoms with Crippen molar-refractivity contribution in [3.63, 3.8) is 0 Å². The van der Waals surface area contributed by atoms with Gasteiger partial charge in [0, 0.05) is 34.7 Å². The van der Waals surface area contributed by atoms with Crippen LogP contribution in [-0.2, 0) is 14.8 Å². The zero-order valence-electron chi connectivity index (χ0n) is 22.5. The van der Waals surface area contributed by atoms with E-state index >= 15 is 0 Å². The lowest BCUT2D eigenvalue weighted by Crippen LogP contribution is -2.51. The maximum absolute atomic E-state index is 14.4. The highest BCUT2D eigenvalue weighted by Gasteiger charge is 2.36. The molecule has 218 valence electrons. The van der Waals surface area contributed by atoms with Crippen LogP contribution in [0.2, 0.25) is 10.0 Å². The second-order valence-electron chi connectivity index (χ2n) is 10.5. The smallest absolute Gasteiger partial charge is 0.254 e. The molecule has 0 bridgehead atoms. The molecule has 41 heavy (non-hydrogen) atoms. The van der Waals surface area contributed by atoms with Crippen LogP contribution in [0, 0.1) is 17.7 Å². The summed E-state index contributed by atoms with van der Waals surface area (Å²) in [7, 11) is -3.83. The van der Waals surface area contributed by atoms with Crippen LogP contribution >= 0.6 is 23.2 Å². The number of rotatable bonds is 11. The number of amides is 2. The number of halogens is 3. The van der Waals surface area contributed by atoms with Crippen molar-refractivity contribution in [1.82, 2.24) is 10.2 Å². The first-order valence-corrected chi connectivity index (χ1v) is 15.4. The largest absolute Gasteiger partial charge is 0.368 e. The van der Waals surface area contributed by atoms with E-state index in [1.54, 1.807) is 13.8 Å². The molecule has 1 atom stereocenters. The molecule has 1 fully saturated rings. The summed E-state index contributed by atoms with van der Waals surface area (Å²) in [5.41, 5.74) is 7.00. The minimum absolute atomic E-state index is 0.0353. The Balaban J connectivity index is 1.43. The maximum atomic E-state index is 14.4. The molecule has 1 heterocycles. The molecule has 3 aromatic carbocycles. The lowest BCUT2D eigenvalue weighted by atomic mass is 9.91. The van der Waals surface area contributed by atoms with Gasteiger partial charge in [0.15, 0.2) is 0 Å². The maximum Gasteiger partial charge on any atom is 0.254 e. The molecule has 0 aliphatic carbocycles. The first-order chi connectivity index (χ1) is 19.3. The van der Waals surface area contributed by atoms with Crippen molar-refractivity contribution in [2.75, 3.05) is 23.6 Å². The summed E-state index contributed by atoms with van der Waals surface area (Å²) >= 11 is 12.2. The minimum atomic E-state index is -3.83. The molecule has 1 aliphatic rings. The van der Waals surface area contributed by atoms with Gasteiger partial charge in [-0.3, -0.25) is 19.2 Å². The summed E-state index contributed by atoms with van der Waals surface area (Å²) < 4.78 is 42.9. The molecular weight excluding hydrogens is 590 g/mol. The van der Waals surface area contributed by atoms with Gasteiger partial charge in [0.25, 0.3) is 5.91 Å². The van der Waals surface area contributed by atoms with E-state index in [9.17, 15) is 22.4 Å². The summed E-state index contributed by atoms with van der Waals surface area (Å²) in [5.74, 6) is -3.11. The summed E-state index contributed by atoms with van der Waals surface area (Å²) in [5, 5.41) is 3.65. The predicted octanol–water partition coefficient (Wildman–Crippen LogP) is 4.84. The van der Waals surface area contributed by atoms with Gasteiger partial charge >= 0.3 is 0 Å². The van der Waals surface area contributed by atoms with Gasteiger partial charge in [0.05, 0.1) is 17.4 Å². The second-order valence-corrected chi connectivity index (χ2v) is 13.1. The summed E-state index contributed by atoms with van der Waals surface area (Å²) in [6, 6.07) is 17.3. The Bertz CT molecular complexity index is 1470. The SMILES string of the molecule is CC(C)[C@H](NC(=O)c1cc(NS(=O)(=O)CC2CN(C(c3ccc(Cl)cc3)c3ccc(Cl)cc3)C2)ccc1F)C(N)=O. The Morgan fingerprint density at radius 3 is 2.00 bits per heavy atom. The average molecular weight is 622 g/mol. The number of primary amides is 1. The monoisotopic (exact) mass is 620 g/mol. The van der Waals surface area contributed by atoms with E-state index in [-0.39, 0.29) is 29.3 Å². The van der Waals surface area contributed by atoms with E-state index in [1.807, 2.05) is 48.5 Å². The first-order valence-electron chi connectivity index (χ1n) is 13.0. The van der Waals surface area contributed by atoms with E-state index in [0.717, 1.165) is 23.3 Å². The lowest BCUT2D eigenvalue weighted by molar-refractivity contribution is -0.120. The number of carbonyl (C=O) groups is 2. The standard InChI is InChI=1S/C29H31Cl2FN4O4S/c1-17(2)26(28(33)37)34-29(38)24-13-23(11-12-25(24)32)35-41(39,40)16-18-14-36(15-18)27(19-3-7-21(30)8-4-19)20-5-9-22(31)10-6-20/h3-13,17-18,26-27,35H,14-16H2,1-2H3,(H2,33,37)(H,34,38)/t26-/m0/s1. The van der Waals surface area contributed by atoms with Crippen LogP contribution in [0.4, 0.5) is 10.1 Å². The molecule has 4 N–H and O–H groups in total. The quantitative estimate of drug-likeness (QED) is 0.283. The normalized spacial score (nSPS) is 15.0. The molecule has 0 aromatic heterocycles. The van der Waals surface area contributed by atoms with E-state index in [2.05, 4.69) is 14.9 Å². The molecule has 0 radical (unpaired) electrons. The Kier molecular flexibility index (Phi) is 9.59. The summed E-state index contributed by atoms with van der Waals surface area (Å²) in [6.07, 6.45) is 0. The molecule has 12 heteroatoms. The van der Waals surface area contributed by atoms with Gasteiger partial charge in [-0.05, 0) is 59.5 Å². The van der Waals surface area contributed by atoms with Crippen LogP contribution in [0.25, 0.3) is 0 Å². The molecule has 4 rings (SSSR count). The summed E-state index contributed by atoms with van der Waals surface area (Å²) in [4.78, 5) is 26.5. The molecule has 0 spiro atoms. The molecule has 0 saturated carbocycles. The van der Waals surface area contributed by atoms with Crippen LogP contribution in [0.15, 0.2) is 66.7 Å². The number of nitrogens with zero attached hydrogens (tertiary/aromatic N) is 1. The van der Waals surface area contributed by atoms with Gasteiger partial charge in [0.2, 0.25) is 15.9 Å². The molecule has 8 nitrogen and oxygen atoms in total. The van der Waals surface area contributed by atoms with Crippen LogP contribution in [0.5, 0.6) is 0 Å². The Morgan fingerprint density at radius 2 is 1.51 bits per heavy atom. The highest BCUT2D eigenvalue weighted by molar-refractivity contribution is 7.92. The van der Waals surface area contributed by atoms with Crippen molar-refractivity contribution in [2.45, 2.75) is 25.9 Å². The fourth-order valence-corrected chi connectivity index (χ4v) is 6.56.